The zero-order valence-corrected chi connectivity index (χ0v) is 24.3. The lowest BCUT2D eigenvalue weighted by Gasteiger charge is -2.24. The van der Waals surface area contributed by atoms with Gasteiger partial charge >= 0.3 is 0 Å². The number of amides is 1. The monoisotopic (exact) mass is 594 g/mol. The van der Waals surface area contributed by atoms with Crippen molar-refractivity contribution < 1.29 is 36.0 Å². The molecule has 0 radical (unpaired) electrons. The average molecular weight is 595 g/mol. The standard InChI is InChI=1S/C31H31FN2O7S/c1-22-7-14-28(15-8-22)42(36,37)40-19-5-18-39-30-16-13-27(38-3)20-24(30)21-34(23(2)35)29-6-4-17-33-31(29)41-26-11-9-25(32)10-12-26/h4,6-17,20H,5,18-19,21H2,1-3H3. The van der Waals surface area contributed by atoms with Crippen LogP contribution in [0, 0.1) is 12.7 Å². The van der Waals surface area contributed by atoms with Crippen molar-refractivity contribution in [3.8, 4) is 23.1 Å². The smallest absolute Gasteiger partial charge is 0.296 e. The van der Waals surface area contributed by atoms with E-state index in [-0.39, 0.29) is 36.4 Å². The zero-order chi connectivity index (χ0) is 30.1. The Morgan fingerprint density at radius 3 is 2.36 bits per heavy atom. The number of benzene rings is 3. The van der Waals surface area contributed by atoms with Gasteiger partial charge in [-0.05, 0) is 73.7 Å². The summed E-state index contributed by atoms with van der Waals surface area (Å²) in [5.74, 6) is 0.874. The van der Waals surface area contributed by atoms with E-state index in [1.165, 1.54) is 61.5 Å². The van der Waals surface area contributed by atoms with Crippen LogP contribution >= 0.6 is 0 Å². The highest BCUT2D eigenvalue weighted by Gasteiger charge is 2.21. The average Bonchev–Trinajstić information content (AvgIpc) is 2.98. The van der Waals surface area contributed by atoms with Crippen molar-refractivity contribution in [2.75, 3.05) is 25.2 Å². The molecule has 220 valence electrons. The number of nitrogens with zero attached hydrogens (tertiary/aromatic N) is 2. The number of carbonyl (C=O) groups excluding carboxylic acids is 1. The molecule has 0 fully saturated rings. The number of hydrogen-bond donors (Lipinski definition) is 0. The van der Waals surface area contributed by atoms with Gasteiger partial charge in [0.25, 0.3) is 10.1 Å². The van der Waals surface area contributed by atoms with Crippen molar-refractivity contribution in [2.24, 2.45) is 0 Å². The van der Waals surface area contributed by atoms with Crippen LogP contribution in [0.25, 0.3) is 0 Å². The first-order valence-electron chi connectivity index (χ1n) is 13.1. The molecule has 0 aliphatic rings. The van der Waals surface area contributed by atoms with E-state index in [1.54, 1.807) is 42.5 Å². The van der Waals surface area contributed by atoms with Crippen molar-refractivity contribution in [3.05, 3.63) is 102 Å². The fourth-order valence-electron chi connectivity index (χ4n) is 3.95. The second-order valence-electron chi connectivity index (χ2n) is 9.25. The number of ether oxygens (including phenoxy) is 3. The van der Waals surface area contributed by atoms with Crippen LogP contribution in [0.15, 0.2) is 90.0 Å². The molecule has 0 bridgehead atoms. The van der Waals surface area contributed by atoms with Gasteiger partial charge in [0.05, 0.1) is 31.8 Å². The first kappa shape index (κ1) is 30.5. The lowest BCUT2D eigenvalue weighted by Crippen LogP contribution is -2.28. The summed E-state index contributed by atoms with van der Waals surface area (Å²) in [5, 5.41) is 0. The summed E-state index contributed by atoms with van der Waals surface area (Å²) < 4.78 is 60.6. The summed E-state index contributed by atoms with van der Waals surface area (Å²) in [6.07, 6.45) is 1.83. The van der Waals surface area contributed by atoms with E-state index in [0.29, 0.717) is 34.9 Å². The Hall–Kier alpha value is -4.48. The van der Waals surface area contributed by atoms with E-state index in [1.807, 2.05) is 6.92 Å². The van der Waals surface area contributed by atoms with Gasteiger partial charge in [0.1, 0.15) is 28.8 Å². The zero-order valence-electron chi connectivity index (χ0n) is 23.4. The maximum atomic E-state index is 13.4. The summed E-state index contributed by atoms with van der Waals surface area (Å²) >= 11 is 0. The van der Waals surface area contributed by atoms with Crippen LogP contribution in [0.3, 0.4) is 0 Å². The van der Waals surface area contributed by atoms with Crippen LogP contribution in [-0.2, 0) is 25.6 Å². The van der Waals surface area contributed by atoms with E-state index in [0.717, 1.165) is 5.56 Å². The van der Waals surface area contributed by atoms with Crippen molar-refractivity contribution >= 4 is 21.7 Å². The molecule has 0 saturated carbocycles. The quantitative estimate of drug-likeness (QED) is 0.136. The molecule has 42 heavy (non-hydrogen) atoms. The number of anilines is 1. The van der Waals surface area contributed by atoms with Crippen molar-refractivity contribution in [1.29, 1.82) is 0 Å². The largest absolute Gasteiger partial charge is 0.497 e. The molecule has 4 aromatic rings. The number of carbonyl (C=O) groups is 1. The maximum absolute atomic E-state index is 13.4. The van der Waals surface area contributed by atoms with E-state index in [4.69, 9.17) is 18.4 Å². The predicted molar refractivity (Wildman–Crippen MR) is 155 cm³/mol. The Bertz CT molecular complexity index is 1610. The summed E-state index contributed by atoms with van der Waals surface area (Å²) in [7, 11) is -2.35. The highest BCUT2D eigenvalue weighted by atomic mass is 32.2. The van der Waals surface area contributed by atoms with Crippen molar-refractivity contribution in [2.45, 2.75) is 31.7 Å². The second-order valence-corrected chi connectivity index (χ2v) is 10.9. The summed E-state index contributed by atoms with van der Waals surface area (Å²) in [4.78, 5) is 18.7. The molecule has 1 aromatic heterocycles. The van der Waals surface area contributed by atoms with Gasteiger partial charge in [-0.2, -0.15) is 8.42 Å². The molecule has 0 atom stereocenters. The first-order valence-corrected chi connectivity index (χ1v) is 14.5. The molecule has 0 spiro atoms. The summed E-state index contributed by atoms with van der Waals surface area (Å²) in [5.41, 5.74) is 1.98. The molecule has 0 unspecified atom stereocenters. The van der Waals surface area contributed by atoms with Crippen LogP contribution < -0.4 is 19.1 Å². The lowest BCUT2D eigenvalue weighted by atomic mass is 10.1. The van der Waals surface area contributed by atoms with E-state index in [2.05, 4.69) is 4.98 Å². The van der Waals surface area contributed by atoms with Crippen molar-refractivity contribution in [1.82, 2.24) is 4.98 Å². The van der Waals surface area contributed by atoms with Gasteiger partial charge in [-0.3, -0.25) is 8.98 Å². The van der Waals surface area contributed by atoms with Gasteiger partial charge in [-0.15, -0.1) is 0 Å². The molecule has 4 rings (SSSR count). The highest BCUT2D eigenvalue weighted by Crippen LogP contribution is 2.33. The minimum Gasteiger partial charge on any atom is -0.497 e. The van der Waals surface area contributed by atoms with E-state index < -0.39 is 15.9 Å². The van der Waals surface area contributed by atoms with Gasteiger partial charge in [0, 0.05) is 25.1 Å². The number of rotatable bonds is 13. The van der Waals surface area contributed by atoms with Gasteiger partial charge < -0.3 is 19.1 Å². The van der Waals surface area contributed by atoms with E-state index in [9.17, 15) is 17.6 Å². The number of hydrogen-bond acceptors (Lipinski definition) is 8. The van der Waals surface area contributed by atoms with Crippen LogP contribution in [0.1, 0.15) is 24.5 Å². The molecular formula is C31H31FN2O7S. The Labute approximate surface area is 244 Å². The molecule has 1 amide bonds. The molecule has 11 heteroatoms. The molecule has 0 aliphatic carbocycles. The Balaban J connectivity index is 1.47. The van der Waals surface area contributed by atoms with E-state index >= 15 is 0 Å². The number of pyridine rings is 1. The predicted octanol–water partition coefficient (Wildman–Crippen LogP) is 6.06. The van der Waals surface area contributed by atoms with Crippen LogP contribution in [0.2, 0.25) is 0 Å². The van der Waals surface area contributed by atoms with Crippen LogP contribution in [0.5, 0.6) is 23.1 Å². The first-order chi connectivity index (χ1) is 20.2. The molecule has 9 nitrogen and oxygen atoms in total. The topological polar surface area (TPSA) is 104 Å². The third kappa shape index (κ3) is 8.05. The third-order valence-electron chi connectivity index (χ3n) is 6.14. The number of aryl methyl sites for hydroxylation is 1. The van der Waals surface area contributed by atoms with Gasteiger partial charge in [-0.25, -0.2) is 9.37 Å². The minimum absolute atomic E-state index is 0.0684. The molecule has 0 aliphatic heterocycles. The summed E-state index contributed by atoms with van der Waals surface area (Å²) in [6, 6.07) is 20.5. The molecule has 0 N–H and O–H groups in total. The highest BCUT2D eigenvalue weighted by molar-refractivity contribution is 7.86. The van der Waals surface area contributed by atoms with Gasteiger partial charge in [-0.1, -0.05) is 17.7 Å². The van der Waals surface area contributed by atoms with Crippen LogP contribution in [-0.4, -0.2) is 39.6 Å². The Kier molecular flexibility index (Phi) is 10.1. The fraction of sp³-hybridized carbons (Fsp3) is 0.226. The minimum atomic E-state index is -3.88. The van der Waals surface area contributed by atoms with Gasteiger partial charge in [0.2, 0.25) is 11.8 Å². The van der Waals surface area contributed by atoms with Gasteiger partial charge in [0.15, 0.2) is 0 Å². The normalized spacial score (nSPS) is 11.1. The molecule has 0 saturated heterocycles. The fourth-order valence-corrected chi connectivity index (χ4v) is 4.89. The lowest BCUT2D eigenvalue weighted by molar-refractivity contribution is -0.116. The Morgan fingerprint density at radius 1 is 0.952 bits per heavy atom. The van der Waals surface area contributed by atoms with Crippen molar-refractivity contribution in [3.63, 3.8) is 0 Å². The number of aromatic nitrogens is 1. The number of halogens is 1. The number of methoxy groups -OCH3 is 1. The summed E-state index contributed by atoms with van der Waals surface area (Å²) in [6.45, 7) is 3.47. The SMILES string of the molecule is COc1ccc(OCCCOS(=O)(=O)c2ccc(C)cc2)c(CN(C(C)=O)c2cccnc2Oc2ccc(F)cc2)c1. The van der Waals surface area contributed by atoms with Crippen LogP contribution in [0.4, 0.5) is 10.1 Å². The molecular weight excluding hydrogens is 563 g/mol. The Morgan fingerprint density at radius 2 is 1.67 bits per heavy atom. The molecule has 1 heterocycles. The molecule has 3 aromatic carbocycles. The maximum Gasteiger partial charge on any atom is 0.296 e. The third-order valence-corrected chi connectivity index (χ3v) is 7.47. The second kappa shape index (κ2) is 13.9.